The first-order chi connectivity index (χ1) is 13.6. The van der Waals surface area contributed by atoms with Crippen molar-refractivity contribution < 1.29 is 18.7 Å². The third-order valence-corrected chi connectivity index (χ3v) is 4.78. The Morgan fingerprint density at radius 2 is 1.82 bits per heavy atom. The van der Waals surface area contributed by atoms with Gasteiger partial charge in [-0.3, -0.25) is 4.79 Å². The van der Waals surface area contributed by atoms with Gasteiger partial charge in [-0.1, -0.05) is 30.3 Å². The van der Waals surface area contributed by atoms with Gasteiger partial charge in [0.05, 0.1) is 13.2 Å². The molecule has 0 bridgehead atoms. The fraction of sp³-hybridized carbons (Fsp3) is 0.273. The number of benzene rings is 2. The number of fused-ring (bicyclic) bond motifs is 1. The highest BCUT2D eigenvalue weighted by Crippen LogP contribution is 2.30. The Bertz CT molecular complexity index is 1040. The molecular formula is C22H21NO5. The number of rotatable bonds is 4. The van der Waals surface area contributed by atoms with Crippen molar-refractivity contribution in [3.05, 3.63) is 65.0 Å². The van der Waals surface area contributed by atoms with E-state index in [9.17, 15) is 9.59 Å². The van der Waals surface area contributed by atoms with E-state index in [1.807, 2.05) is 36.4 Å². The molecule has 0 radical (unpaired) electrons. The summed E-state index contributed by atoms with van der Waals surface area (Å²) in [6.07, 6.45) is -0.639. The van der Waals surface area contributed by atoms with Crippen LogP contribution in [-0.2, 0) is 9.53 Å². The summed E-state index contributed by atoms with van der Waals surface area (Å²) >= 11 is 0. The van der Waals surface area contributed by atoms with Gasteiger partial charge in [-0.25, -0.2) is 4.79 Å². The van der Waals surface area contributed by atoms with Crippen molar-refractivity contribution in [3.8, 4) is 16.9 Å². The van der Waals surface area contributed by atoms with Crippen LogP contribution in [0.4, 0.5) is 0 Å². The third kappa shape index (κ3) is 3.77. The van der Waals surface area contributed by atoms with Crippen molar-refractivity contribution >= 4 is 16.9 Å². The molecule has 1 saturated heterocycles. The lowest BCUT2D eigenvalue weighted by Gasteiger charge is -2.29. The first-order valence-electron chi connectivity index (χ1n) is 9.28. The second kappa shape index (κ2) is 7.86. The summed E-state index contributed by atoms with van der Waals surface area (Å²) in [7, 11) is 0. The number of ether oxygens (including phenoxy) is 2. The molecule has 0 aliphatic carbocycles. The zero-order valence-corrected chi connectivity index (χ0v) is 15.6. The number of carbonyl (C=O) groups is 1. The van der Waals surface area contributed by atoms with Crippen LogP contribution < -0.4 is 10.4 Å². The Hall–Kier alpha value is -3.12. The Kier molecular flexibility index (Phi) is 5.12. The van der Waals surface area contributed by atoms with E-state index in [2.05, 4.69) is 0 Å². The average molecular weight is 379 g/mol. The van der Waals surface area contributed by atoms with Gasteiger partial charge in [-0.2, -0.15) is 0 Å². The Balaban J connectivity index is 1.61. The molecule has 0 unspecified atom stereocenters. The predicted molar refractivity (Wildman–Crippen MR) is 105 cm³/mol. The van der Waals surface area contributed by atoms with Gasteiger partial charge in [0, 0.05) is 30.6 Å². The summed E-state index contributed by atoms with van der Waals surface area (Å²) in [6.45, 7) is 3.95. The van der Waals surface area contributed by atoms with Gasteiger partial charge in [-0.05, 0) is 30.2 Å². The zero-order chi connectivity index (χ0) is 19.5. The average Bonchev–Trinajstić information content (AvgIpc) is 2.73. The smallest absolute Gasteiger partial charge is 0.336 e. The Morgan fingerprint density at radius 3 is 2.57 bits per heavy atom. The van der Waals surface area contributed by atoms with Gasteiger partial charge in [0.2, 0.25) is 0 Å². The molecule has 1 aliphatic rings. The molecule has 4 rings (SSSR count). The number of nitrogens with zero attached hydrogens (tertiary/aromatic N) is 1. The maximum absolute atomic E-state index is 12.5. The first kappa shape index (κ1) is 18.3. The molecule has 0 saturated carbocycles. The summed E-state index contributed by atoms with van der Waals surface area (Å²) < 4.78 is 16.5. The highest BCUT2D eigenvalue weighted by atomic mass is 16.5. The summed E-state index contributed by atoms with van der Waals surface area (Å²) in [5, 5.41) is 0.810. The minimum absolute atomic E-state index is 0.0807. The molecule has 1 aromatic heterocycles. The highest BCUT2D eigenvalue weighted by Gasteiger charge is 2.24. The summed E-state index contributed by atoms with van der Waals surface area (Å²) in [6, 6.07) is 16.5. The fourth-order valence-electron chi connectivity index (χ4n) is 3.37. The van der Waals surface area contributed by atoms with Gasteiger partial charge in [-0.15, -0.1) is 0 Å². The van der Waals surface area contributed by atoms with Crippen molar-refractivity contribution in [2.45, 2.75) is 13.0 Å². The van der Waals surface area contributed by atoms with Crippen LogP contribution in [0.25, 0.3) is 22.1 Å². The maximum Gasteiger partial charge on any atom is 0.336 e. The maximum atomic E-state index is 12.5. The number of morpholine rings is 1. The van der Waals surface area contributed by atoms with E-state index in [1.165, 1.54) is 6.07 Å². The van der Waals surface area contributed by atoms with Crippen LogP contribution in [-0.4, -0.2) is 43.2 Å². The molecule has 3 aromatic rings. The summed E-state index contributed by atoms with van der Waals surface area (Å²) in [4.78, 5) is 26.3. The monoisotopic (exact) mass is 379 g/mol. The third-order valence-electron chi connectivity index (χ3n) is 4.78. The molecule has 28 heavy (non-hydrogen) atoms. The first-order valence-corrected chi connectivity index (χ1v) is 9.28. The molecule has 1 atom stereocenters. The fourth-order valence-corrected chi connectivity index (χ4v) is 3.37. The van der Waals surface area contributed by atoms with Crippen molar-refractivity contribution in [1.82, 2.24) is 4.90 Å². The largest absolute Gasteiger partial charge is 0.481 e. The molecule has 1 aliphatic heterocycles. The number of carbonyl (C=O) groups excluding carboxylic acids is 1. The van der Waals surface area contributed by atoms with Gasteiger partial charge in [0.25, 0.3) is 5.91 Å². The van der Waals surface area contributed by atoms with Gasteiger partial charge in [0.1, 0.15) is 11.3 Å². The number of amides is 1. The van der Waals surface area contributed by atoms with Crippen molar-refractivity contribution in [3.63, 3.8) is 0 Å². The van der Waals surface area contributed by atoms with Crippen LogP contribution in [0.15, 0.2) is 63.8 Å². The van der Waals surface area contributed by atoms with E-state index in [4.69, 9.17) is 13.9 Å². The van der Waals surface area contributed by atoms with E-state index in [0.29, 0.717) is 37.6 Å². The quantitative estimate of drug-likeness (QED) is 0.652. The van der Waals surface area contributed by atoms with Crippen LogP contribution in [0.2, 0.25) is 0 Å². The second-order valence-corrected chi connectivity index (χ2v) is 6.70. The minimum atomic E-state index is -0.639. The van der Waals surface area contributed by atoms with Crippen LogP contribution in [0.1, 0.15) is 6.92 Å². The standard InChI is InChI=1S/C22H21NO5/c1-15(22(25)23-9-11-26-12-10-23)27-17-7-8-18-19(16-5-3-2-4-6-16)14-21(24)28-20(18)13-17/h2-8,13-15H,9-12H2,1H3/t15-/m1/s1. The molecule has 0 N–H and O–H groups in total. The van der Waals surface area contributed by atoms with Crippen molar-refractivity contribution in [2.24, 2.45) is 0 Å². The highest BCUT2D eigenvalue weighted by molar-refractivity contribution is 5.93. The van der Waals surface area contributed by atoms with Gasteiger partial charge in [0.15, 0.2) is 6.10 Å². The topological polar surface area (TPSA) is 69.0 Å². The molecule has 1 fully saturated rings. The zero-order valence-electron chi connectivity index (χ0n) is 15.6. The van der Waals surface area contributed by atoms with Crippen LogP contribution in [0.3, 0.4) is 0 Å². The second-order valence-electron chi connectivity index (χ2n) is 6.70. The van der Waals surface area contributed by atoms with Crippen molar-refractivity contribution in [2.75, 3.05) is 26.3 Å². The number of hydrogen-bond donors (Lipinski definition) is 0. The van der Waals surface area contributed by atoms with Gasteiger partial charge < -0.3 is 18.8 Å². The summed E-state index contributed by atoms with van der Waals surface area (Å²) in [5.74, 6) is 0.401. The Morgan fingerprint density at radius 1 is 1.07 bits per heavy atom. The Labute approximate surface area is 162 Å². The number of hydrogen-bond acceptors (Lipinski definition) is 5. The molecule has 6 heteroatoms. The molecule has 1 amide bonds. The lowest BCUT2D eigenvalue weighted by atomic mass is 10.0. The van der Waals surface area contributed by atoms with E-state index in [0.717, 1.165) is 16.5 Å². The lowest BCUT2D eigenvalue weighted by Crippen LogP contribution is -2.46. The predicted octanol–water partition coefficient (Wildman–Crippen LogP) is 3.09. The van der Waals surface area contributed by atoms with Crippen LogP contribution in [0.5, 0.6) is 5.75 Å². The van der Waals surface area contributed by atoms with E-state index < -0.39 is 11.7 Å². The van der Waals surface area contributed by atoms with Gasteiger partial charge >= 0.3 is 5.63 Å². The van der Waals surface area contributed by atoms with E-state index in [-0.39, 0.29) is 5.91 Å². The lowest BCUT2D eigenvalue weighted by molar-refractivity contribution is -0.142. The van der Waals surface area contributed by atoms with Crippen molar-refractivity contribution in [1.29, 1.82) is 0 Å². The molecule has 144 valence electrons. The minimum Gasteiger partial charge on any atom is -0.481 e. The van der Waals surface area contributed by atoms with E-state index >= 15 is 0 Å². The van der Waals surface area contributed by atoms with Crippen LogP contribution in [0, 0.1) is 0 Å². The normalized spacial score (nSPS) is 15.4. The van der Waals surface area contributed by atoms with Crippen LogP contribution >= 0.6 is 0 Å². The molecule has 0 spiro atoms. The SMILES string of the molecule is C[C@@H](Oc1ccc2c(-c3ccccc3)cc(=O)oc2c1)C(=O)N1CCOCC1. The molecular weight excluding hydrogens is 358 g/mol. The molecule has 2 heterocycles. The molecule has 2 aromatic carbocycles. The molecule has 6 nitrogen and oxygen atoms in total. The summed E-state index contributed by atoms with van der Waals surface area (Å²) in [5.41, 5.74) is 1.73. The van der Waals surface area contributed by atoms with E-state index in [1.54, 1.807) is 24.0 Å².